The van der Waals surface area contributed by atoms with Gasteiger partial charge in [0.25, 0.3) is 5.91 Å². The van der Waals surface area contributed by atoms with Crippen LogP contribution in [-0.2, 0) is 0 Å². The molecule has 0 aliphatic heterocycles. The van der Waals surface area contributed by atoms with Crippen molar-refractivity contribution in [2.24, 2.45) is 5.10 Å². The number of amides is 1. The minimum atomic E-state index is -0.346. The summed E-state index contributed by atoms with van der Waals surface area (Å²) in [6.07, 6.45) is 5.00. The lowest BCUT2D eigenvalue weighted by molar-refractivity contribution is 0.0950. The quantitative estimate of drug-likeness (QED) is 0.330. The molecule has 2 aromatic carbocycles. The second kappa shape index (κ2) is 10.1. The number of aromatic nitrogens is 2. The number of H-pyrrole nitrogens is 1. The number of nitrogens with zero attached hydrogens (tertiary/aromatic N) is 2. The van der Waals surface area contributed by atoms with Gasteiger partial charge in [0, 0.05) is 5.56 Å². The van der Waals surface area contributed by atoms with Gasteiger partial charge < -0.3 is 4.74 Å². The highest BCUT2D eigenvalue weighted by Gasteiger charge is 2.09. The van der Waals surface area contributed by atoms with E-state index < -0.39 is 0 Å². The van der Waals surface area contributed by atoms with Crippen molar-refractivity contribution < 1.29 is 9.53 Å². The average molecular weight is 376 g/mol. The van der Waals surface area contributed by atoms with E-state index in [1.807, 2.05) is 54.6 Å². The third-order valence-electron chi connectivity index (χ3n) is 4.17. The van der Waals surface area contributed by atoms with Gasteiger partial charge in [-0.05, 0) is 42.3 Å². The first-order valence-corrected chi connectivity index (χ1v) is 9.43. The maximum atomic E-state index is 12.2. The first-order chi connectivity index (χ1) is 13.8. The van der Waals surface area contributed by atoms with Crippen LogP contribution in [0, 0.1) is 0 Å². The van der Waals surface area contributed by atoms with E-state index in [1.165, 1.54) is 12.8 Å². The van der Waals surface area contributed by atoms with Crippen LogP contribution in [0.3, 0.4) is 0 Å². The number of carbonyl (C=O) groups is 1. The van der Waals surface area contributed by atoms with Gasteiger partial charge in [-0.15, -0.1) is 0 Å². The molecule has 3 aromatic rings. The summed E-state index contributed by atoms with van der Waals surface area (Å²) in [5.41, 5.74) is 5.38. The van der Waals surface area contributed by atoms with Gasteiger partial charge in [-0.1, -0.05) is 50.1 Å². The molecule has 0 aliphatic rings. The molecule has 1 heterocycles. The van der Waals surface area contributed by atoms with E-state index in [1.54, 1.807) is 12.3 Å². The molecule has 0 radical (unpaired) electrons. The fourth-order valence-electron chi connectivity index (χ4n) is 2.61. The van der Waals surface area contributed by atoms with Gasteiger partial charge >= 0.3 is 0 Å². The number of ether oxygens (including phenoxy) is 1. The Bertz CT molecular complexity index is 902. The van der Waals surface area contributed by atoms with E-state index in [0.717, 1.165) is 29.9 Å². The highest BCUT2D eigenvalue weighted by atomic mass is 16.5. The van der Waals surface area contributed by atoms with Crippen molar-refractivity contribution in [3.63, 3.8) is 0 Å². The molecule has 6 heteroatoms. The summed E-state index contributed by atoms with van der Waals surface area (Å²) < 4.78 is 5.68. The zero-order valence-corrected chi connectivity index (χ0v) is 15.9. The topological polar surface area (TPSA) is 79.4 Å². The number of hydrogen-bond donors (Lipinski definition) is 2. The summed E-state index contributed by atoms with van der Waals surface area (Å²) in [6.45, 7) is 2.90. The Hall–Kier alpha value is -3.41. The normalized spacial score (nSPS) is 10.9. The Balaban J connectivity index is 1.50. The summed E-state index contributed by atoms with van der Waals surface area (Å²) in [6, 6.07) is 19.0. The summed E-state index contributed by atoms with van der Waals surface area (Å²) >= 11 is 0. The van der Waals surface area contributed by atoms with E-state index >= 15 is 0 Å². The predicted molar refractivity (Wildman–Crippen MR) is 111 cm³/mol. The van der Waals surface area contributed by atoms with E-state index in [-0.39, 0.29) is 5.91 Å². The summed E-state index contributed by atoms with van der Waals surface area (Å²) in [4.78, 5) is 12.2. The number of nitrogens with one attached hydrogen (secondary N) is 2. The van der Waals surface area contributed by atoms with E-state index in [4.69, 9.17) is 4.74 Å². The molecule has 28 heavy (non-hydrogen) atoms. The van der Waals surface area contributed by atoms with Crippen LogP contribution in [0.4, 0.5) is 0 Å². The molecular formula is C22H24N4O2. The van der Waals surface area contributed by atoms with Crippen molar-refractivity contribution in [1.29, 1.82) is 0 Å². The third kappa shape index (κ3) is 5.54. The Morgan fingerprint density at radius 1 is 1.14 bits per heavy atom. The molecule has 0 saturated heterocycles. The van der Waals surface area contributed by atoms with Gasteiger partial charge in [-0.3, -0.25) is 9.89 Å². The Labute approximate surface area is 164 Å². The lowest BCUT2D eigenvalue weighted by Crippen LogP contribution is -2.17. The second-order valence-corrected chi connectivity index (χ2v) is 6.36. The zero-order valence-electron chi connectivity index (χ0n) is 15.9. The van der Waals surface area contributed by atoms with Crippen molar-refractivity contribution in [1.82, 2.24) is 15.6 Å². The molecule has 3 rings (SSSR count). The molecule has 1 aromatic heterocycles. The second-order valence-electron chi connectivity index (χ2n) is 6.36. The monoisotopic (exact) mass is 376 g/mol. The zero-order chi connectivity index (χ0) is 19.6. The molecule has 2 N–H and O–H groups in total. The average Bonchev–Trinajstić information content (AvgIpc) is 3.23. The van der Waals surface area contributed by atoms with Gasteiger partial charge in [0.05, 0.1) is 18.5 Å². The van der Waals surface area contributed by atoms with E-state index in [2.05, 4.69) is 27.6 Å². The van der Waals surface area contributed by atoms with Crippen LogP contribution in [0.1, 0.15) is 42.2 Å². The van der Waals surface area contributed by atoms with Gasteiger partial charge in [0.15, 0.2) is 0 Å². The number of carbonyl (C=O) groups excluding carboxylic acids is 1. The summed E-state index contributed by atoms with van der Waals surface area (Å²) in [7, 11) is 0. The number of benzene rings is 2. The van der Waals surface area contributed by atoms with E-state index in [9.17, 15) is 4.79 Å². The molecule has 0 bridgehead atoms. The lowest BCUT2D eigenvalue weighted by atomic mass is 10.1. The third-order valence-corrected chi connectivity index (χ3v) is 4.17. The van der Waals surface area contributed by atoms with Crippen LogP contribution < -0.4 is 10.2 Å². The fraction of sp³-hybridized carbons (Fsp3) is 0.227. The largest absolute Gasteiger partial charge is 0.494 e. The number of rotatable bonds is 9. The van der Waals surface area contributed by atoms with Crippen LogP contribution in [0.25, 0.3) is 11.3 Å². The van der Waals surface area contributed by atoms with Crippen LogP contribution in [0.15, 0.2) is 65.8 Å². The fourth-order valence-corrected chi connectivity index (χ4v) is 2.61. The molecule has 0 spiro atoms. The molecule has 0 saturated carbocycles. The van der Waals surface area contributed by atoms with E-state index in [0.29, 0.717) is 11.4 Å². The molecule has 0 atom stereocenters. The van der Waals surface area contributed by atoms with Crippen LogP contribution in [-0.4, -0.2) is 28.9 Å². The standard InChI is InChI=1S/C22H24N4O2/c1-2-3-7-14-28-19-12-10-17(11-13-19)16-23-26-22(27)21-15-20(24-25-21)18-8-5-4-6-9-18/h4-6,8-13,15-16H,2-3,7,14H2,1H3,(H,24,25)(H,26,27)/b23-16+. The Kier molecular flexibility index (Phi) is 6.95. The Morgan fingerprint density at radius 3 is 2.68 bits per heavy atom. The van der Waals surface area contributed by atoms with Gasteiger partial charge in [-0.25, -0.2) is 5.43 Å². The van der Waals surface area contributed by atoms with Gasteiger partial charge in [0.2, 0.25) is 0 Å². The summed E-state index contributed by atoms with van der Waals surface area (Å²) in [5, 5.41) is 10.9. The van der Waals surface area contributed by atoms with Crippen molar-refractivity contribution in [3.8, 4) is 17.0 Å². The molecule has 6 nitrogen and oxygen atoms in total. The van der Waals surface area contributed by atoms with Gasteiger partial charge in [-0.2, -0.15) is 10.2 Å². The Morgan fingerprint density at radius 2 is 1.93 bits per heavy atom. The van der Waals surface area contributed by atoms with Crippen molar-refractivity contribution in [2.45, 2.75) is 26.2 Å². The van der Waals surface area contributed by atoms with Crippen LogP contribution in [0.2, 0.25) is 0 Å². The van der Waals surface area contributed by atoms with Crippen LogP contribution >= 0.6 is 0 Å². The lowest BCUT2D eigenvalue weighted by Gasteiger charge is -2.05. The molecule has 0 fully saturated rings. The number of unbranched alkanes of at least 4 members (excludes halogenated alkanes) is 2. The van der Waals surface area contributed by atoms with Gasteiger partial charge in [0.1, 0.15) is 11.4 Å². The van der Waals surface area contributed by atoms with Crippen molar-refractivity contribution >= 4 is 12.1 Å². The molecule has 144 valence electrons. The molecular weight excluding hydrogens is 352 g/mol. The minimum absolute atomic E-state index is 0.346. The maximum Gasteiger partial charge on any atom is 0.289 e. The molecule has 0 aliphatic carbocycles. The first-order valence-electron chi connectivity index (χ1n) is 9.43. The number of aromatic amines is 1. The smallest absolute Gasteiger partial charge is 0.289 e. The summed E-state index contributed by atoms with van der Waals surface area (Å²) in [5.74, 6) is 0.491. The van der Waals surface area contributed by atoms with Crippen LogP contribution in [0.5, 0.6) is 5.75 Å². The highest BCUT2D eigenvalue weighted by Crippen LogP contribution is 2.16. The van der Waals surface area contributed by atoms with Crippen molar-refractivity contribution in [2.75, 3.05) is 6.61 Å². The maximum absolute atomic E-state index is 12.2. The number of hydrazone groups is 1. The predicted octanol–water partition coefficient (Wildman–Crippen LogP) is 4.41. The minimum Gasteiger partial charge on any atom is -0.494 e. The first kappa shape index (κ1) is 19.4. The molecule has 1 amide bonds. The SMILES string of the molecule is CCCCCOc1ccc(/C=N/NC(=O)c2cc(-c3ccccc3)n[nH]2)cc1. The molecule has 0 unspecified atom stereocenters. The van der Waals surface area contributed by atoms with Crippen molar-refractivity contribution in [3.05, 3.63) is 71.9 Å². The highest BCUT2D eigenvalue weighted by molar-refractivity contribution is 5.94. The number of hydrogen-bond acceptors (Lipinski definition) is 4.